The van der Waals surface area contributed by atoms with Crippen LogP contribution in [0.15, 0.2) is 57.5 Å². The van der Waals surface area contributed by atoms with E-state index in [0.717, 1.165) is 11.3 Å². The molecule has 0 aliphatic carbocycles. The predicted molar refractivity (Wildman–Crippen MR) is 98.3 cm³/mol. The lowest BCUT2D eigenvalue weighted by molar-refractivity contribution is 0.0463. The van der Waals surface area contributed by atoms with Crippen molar-refractivity contribution < 1.29 is 23.5 Å². The third kappa shape index (κ3) is 4.05. The molecule has 3 rings (SSSR count). The van der Waals surface area contributed by atoms with Gasteiger partial charge in [0.2, 0.25) is 0 Å². The highest BCUT2D eigenvalue weighted by atomic mass is 79.9. The largest absolute Gasteiger partial charge is 0.497 e. The molecular weight excluding hydrogens is 402 g/mol. The lowest BCUT2D eigenvalue weighted by Crippen LogP contribution is -2.06. The molecule has 0 bridgehead atoms. The number of benzene rings is 2. The van der Waals surface area contributed by atoms with Gasteiger partial charge in [0, 0.05) is 16.1 Å². The van der Waals surface area contributed by atoms with Crippen LogP contribution < -0.4 is 9.47 Å². The number of rotatable bonds is 6. The van der Waals surface area contributed by atoms with E-state index in [1.807, 2.05) is 24.3 Å². The maximum Gasteiger partial charge on any atom is 0.339 e. The number of halogens is 1. The van der Waals surface area contributed by atoms with Crippen molar-refractivity contribution in [1.82, 2.24) is 5.16 Å². The van der Waals surface area contributed by atoms with Crippen molar-refractivity contribution in [2.45, 2.75) is 6.61 Å². The van der Waals surface area contributed by atoms with E-state index in [2.05, 4.69) is 21.1 Å². The Bertz CT molecular complexity index is 922. The minimum absolute atomic E-state index is 0.00402. The van der Waals surface area contributed by atoms with Crippen molar-refractivity contribution >= 4 is 21.9 Å². The van der Waals surface area contributed by atoms with E-state index >= 15 is 0 Å². The van der Waals surface area contributed by atoms with Gasteiger partial charge in [0.25, 0.3) is 0 Å². The van der Waals surface area contributed by atoms with Gasteiger partial charge in [0.1, 0.15) is 23.8 Å². The minimum Gasteiger partial charge on any atom is -0.497 e. The highest BCUT2D eigenvalue weighted by Crippen LogP contribution is 2.26. The van der Waals surface area contributed by atoms with Crippen LogP contribution >= 0.6 is 15.9 Å². The summed E-state index contributed by atoms with van der Waals surface area (Å²) in [6.45, 7) is -0.00402. The first-order chi connectivity index (χ1) is 12.6. The van der Waals surface area contributed by atoms with Gasteiger partial charge in [-0.15, -0.1) is 0 Å². The van der Waals surface area contributed by atoms with Gasteiger partial charge in [-0.2, -0.15) is 0 Å². The van der Waals surface area contributed by atoms with E-state index in [1.165, 1.54) is 7.11 Å². The first kappa shape index (κ1) is 18.0. The number of hydrogen-bond donors (Lipinski definition) is 0. The van der Waals surface area contributed by atoms with Crippen molar-refractivity contribution in [2.24, 2.45) is 0 Å². The van der Waals surface area contributed by atoms with Crippen LogP contribution in [0.2, 0.25) is 0 Å². The fourth-order valence-electron chi connectivity index (χ4n) is 2.30. The molecule has 0 fully saturated rings. The van der Waals surface area contributed by atoms with Gasteiger partial charge in [0.15, 0.2) is 5.76 Å². The van der Waals surface area contributed by atoms with E-state index in [0.29, 0.717) is 27.2 Å². The Hall–Kier alpha value is -2.80. The Kier molecular flexibility index (Phi) is 5.58. The zero-order valence-corrected chi connectivity index (χ0v) is 15.8. The molecular formula is C19H16BrNO5. The molecule has 26 heavy (non-hydrogen) atoms. The first-order valence-electron chi connectivity index (χ1n) is 7.71. The van der Waals surface area contributed by atoms with E-state index in [4.69, 9.17) is 18.7 Å². The first-order valence-corrected chi connectivity index (χ1v) is 8.50. The van der Waals surface area contributed by atoms with Gasteiger partial charge >= 0.3 is 5.97 Å². The Morgan fingerprint density at radius 3 is 2.62 bits per heavy atom. The van der Waals surface area contributed by atoms with Crippen LogP contribution in [0.3, 0.4) is 0 Å². The van der Waals surface area contributed by atoms with Crippen molar-refractivity contribution in [3.05, 3.63) is 64.3 Å². The molecule has 0 atom stereocenters. The molecule has 134 valence electrons. The summed E-state index contributed by atoms with van der Waals surface area (Å²) in [5.74, 6) is 1.37. The summed E-state index contributed by atoms with van der Waals surface area (Å²) in [4.78, 5) is 12.3. The lowest BCUT2D eigenvalue weighted by Gasteiger charge is -2.07. The number of ether oxygens (including phenoxy) is 3. The molecule has 0 amide bonds. The molecule has 0 radical (unpaired) electrons. The number of methoxy groups -OCH3 is 2. The standard InChI is InChI=1S/C19H16BrNO5/c1-23-14-5-3-4-12(8-14)18-9-13(21-26-18)11-25-19(22)16-10-15(24-2)6-7-17(16)20/h3-10H,11H2,1-2H3. The molecule has 1 aromatic heterocycles. The second-order valence-electron chi connectivity index (χ2n) is 5.34. The monoisotopic (exact) mass is 417 g/mol. The topological polar surface area (TPSA) is 70.8 Å². The third-order valence-electron chi connectivity index (χ3n) is 3.66. The molecule has 0 saturated carbocycles. The van der Waals surface area contributed by atoms with Crippen molar-refractivity contribution in [3.8, 4) is 22.8 Å². The molecule has 0 unspecified atom stereocenters. The van der Waals surface area contributed by atoms with Crippen molar-refractivity contribution in [1.29, 1.82) is 0 Å². The summed E-state index contributed by atoms with van der Waals surface area (Å²) in [5, 5.41) is 3.94. The van der Waals surface area contributed by atoms with Gasteiger partial charge in [-0.1, -0.05) is 17.3 Å². The Labute approximate surface area is 158 Å². The average molecular weight is 418 g/mol. The molecule has 0 aliphatic rings. The summed E-state index contributed by atoms with van der Waals surface area (Å²) in [6, 6.07) is 14.2. The second kappa shape index (κ2) is 8.05. The van der Waals surface area contributed by atoms with Crippen molar-refractivity contribution in [3.63, 3.8) is 0 Å². The van der Waals surface area contributed by atoms with Gasteiger partial charge in [0.05, 0.1) is 19.8 Å². The molecule has 3 aromatic rings. The summed E-state index contributed by atoms with van der Waals surface area (Å²) in [5.41, 5.74) is 1.71. The second-order valence-corrected chi connectivity index (χ2v) is 6.19. The zero-order valence-electron chi connectivity index (χ0n) is 14.2. The summed E-state index contributed by atoms with van der Waals surface area (Å²) < 4.78 is 21.6. The van der Waals surface area contributed by atoms with Crippen LogP contribution in [0.5, 0.6) is 11.5 Å². The SMILES string of the molecule is COc1cccc(-c2cc(COC(=O)c3cc(OC)ccc3Br)no2)c1. The number of carbonyl (C=O) groups excluding carboxylic acids is 1. The molecule has 7 heteroatoms. The molecule has 6 nitrogen and oxygen atoms in total. The quantitative estimate of drug-likeness (QED) is 0.550. The maximum absolute atomic E-state index is 12.3. The minimum atomic E-state index is -0.485. The smallest absolute Gasteiger partial charge is 0.339 e. The molecule has 0 saturated heterocycles. The van der Waals surface area contributed by atoms with E-state index in [1.54, 1.807) is 31.4 Å². The fraction of sp³-hybridized carbons (Fsp3) is 0.158. The summed E-state index contributed by atoms with van der Waals surface area (Å²) in [7, 11) is 3.13. The Balaban J connectivity index is 1.69. The molecule has 0 spiro atoms. The molecule has 0 N–H and O–H groups in total. The maximum atomic E-state index is 12.3. The van der Waals surface area contributed by atoms with Gasteiger partial charge in [-0.25, -0.2) is 4.79 Å². The Morgan fingerprint density at radius 1 is 1.08 bits per heavy atom. The van der Waals surface area contributed by atoms with Gasteiger partial charge in [-0.3, -0.25) is 0 Å². The Morgan fingerprint density at radius 2 is 1.85 bits per heavy atom. The molecule has 1 heterocycles. The lowest BCUT2D eigenvalue weighted by atomic mass is 10.1. The van der Waals surface area contributed by atoms with E-state index in [-0.39, 0.29) is 6.61 Å². The van der Waals surface area contributed by atoms with E-state index < -0.39 is 5.97 Å². The summed E-state index contributed by atoms with van der Waals surface area (Å²) >= 11 is 3.33. The fourth-order valence-corrected chi connectivity index (χ4v) is 2.71. The van der Waals surface area contributed by atoms with Crippen molar-refractivity contribution in [2.75, 3.05) is 14.2 Å². The third-order valence-corrected chi connectivity index (χ3v) is 4.35. The summed E-state index contributed by atoms with van der Waals surface area (Å²) in [6.07, 6.45) is 0. The zero-order chi connectivity index (χ0) is 18.5. The van der Waals surface area contributed by atoms with Crippen LogP contribution in [0, 0.1) is 0 Å². The molecule has 0 aliphatic heterocycles. The number of aromatic nitrogens is 1. The highest BCUT2D eigenvalue weighted by Gasteiger charge is 2.15. The number of hydrogen-bond acceptors (Lipinski definition) is 6. The number of esters is 1. The van der Waals surface area contributed by atoms with E-state index in [9.17, 15) is 4.79 Å². The molecule has 2 aromatic carbocycles. The number of nitrogens with zero attached hydrogens (tertiary/aromatic N) is 1. The highest BCUT2D eigenvalue weighted by molar-refractivity contribution is 9.10. The number of carbonyl (C=O) groups is 1. The predicted octanol–water partition coefficient (Wildman–Crippen LogP) is 4.48. The average Bonchev–Trinajstić information content (AvgIpc) is 3.15. The normalized spacial score (nSPS) is 10.4. The van der Waals surface area contributed by atoms with Crippen LogP contribution in [0.4, 0.5) is 0 Å². The van der Waals surface area contributed by atoms with Gasteiger partial charge in [-0.05, 0) is 46.3 Å². The van der Waals surface area contributed by atoms with Crippen LogP contribution in [0.25, 0.3) is 11.3 Å². The van der Waals surface area contributed by atoms with Crippen LogP contribution in [-0.4, -0.2) is 25.3 Å². The van der Waals surface area contributed by atoms with Crippen LogP contribution in [0.1, 0.15) is 16.1 Å². The van der Waals surface area contributed by atoms with Crippen LogP contribution in [-0.2, 0) is 11.3 Å². The van der Waals surface area contributed by atoms with Gasteiger partial charge < -0.3 is 18.7 Å².